The van der Waals surface area contributed by atoms with Crippen LogP contribution in [0, 0.1) is 0 Å². The van der Waals surface area contributed by atoms with Crippen LogP contribution in [0.25, 0.3) is 0 Å². The van der Waals surface area contributed by atoms with Gasteiger partial charge in [-0.05, 0) is 52.2 Å². The summed E-state index contributed by atoms with van der Waals surface area (Å²) in [5.41, 5.74) is -1.53. The van der Waals surface area contributed by atoms with E-state index >= 15 is 0 Å². The predicted octanol–water partition coefficient (Wildman–Crippen LogP) is 0.882. The third-order valence-electron chi connectivity index (χ3n) is 3.71. The van der Waals surface area contributed by atoms with Gasteiger partial charge < -0.3 is 24.3 Å². The lowest BCUT2D eigenvalue weighted by Crippen LogP contribution is -2.53. The first-order valence-electron chi connectivity index (χ1n) is 7.53. The zero-order valence-electron chi connectivity index (χ0n) is 14.3. The Morgan fingerprint density at radius 1 is 1.17 bits per heavy atom. The highest BCUT2D eigenvalue weighted by Crippen LogP contribution is 2.25. The Kier molecular flexibility index (Phi) is 6.62. The van der Waals surface area contributed by atoms with Crippen molar-refractivity contribution in [3.8, 4) is 5.75 Å². The van der Waals surface area contributed by atoms with Crippen molar-refractivity contribution >= 4 is 18.6 Å². The molecule has 0 fully saturated rings. The van der Waals surface area contributed by atoms with Crippen LogP contribution in [0.4, 0.5) is 0 Å². The normalized spacial score (nSPS) is 12.0. The van der Waals surface area contributed by atoms with Gasteiger partial charge in [0.15, 0.2) is 6.61 Å². The van der Waals surface area contributed by atoms with Crippen LogP contribution in [0.15, 0.2) is 24.3 Å². The highest BCUT2D eigenvalue weighted by molar-refractivity contribution is 6.60. The number of hydrogen-bond donors (Lipinski definition) is 2. The van der Waals surface area contributed by atoms with E-state index in [1.807, 2.05) is 0 Å². The van der Waals surface area contributed by atoms with Crippen LogP contribution in [0.2, 0.25) is 0 Å². The zero-order chi connectivity index (χ0) is 17.7. The highest BCUT2D eigenvalue weighted by atomic mass is 16.6. The van der Waals surface area contributed by atoms with E-state index in [4.69, 9.17) is 14.1 Å². The molecule has 0 aliphatic rings. The first-order valence-corrected chi connectivity index (χ1v) is 7.53. The van der Waals surface area contributed by atoms with E-state index in [2.05, 4.69) is 0 Å². The van der Waals surface area contributed by atoms with Gasteiger partial charge in [-0.15, -0.1) is 0 Å². The van der Waals surface area contributed by atoms with Crippen LogP contribution >= 0.6 is 0 Å². The van der Waals surface area contributed by atoms with E-state index in [1.165, 1.54) is 0 Å². The maximum absolute atomic E-state index is 11.2. The Morgan fingerprint density at radius 3 is 2.22 bits per heavy atom. The fraction of sp³-hybridized carbons (Fsp3) is 0.562. The van der Waals surface area contributed by atoms with Gasteiger partial charge in [-0.25, -0.2) is 4.79 Å². The van der Waals surface area contributed by atoms with Crippen LogP contribution in [-0.4, -0.2) is 47.6 Å². The SMILES string of the molecule is CCOC(=O)COc1ccc(B(O)OC(C)(C)C(C)(C)O)cc1. The van der Waals surface area contributed by atoms with E-state index in [0.29, 0.717) is 17.8 Å². The number of carbonyl (C=O) groups excluding carboxylic acids is 1. The first-order chi connectivity index (χ1) is 10.6. The monoisotopic (exact) mass is 324 g/mol. The number of esters is 1. The third kappa shape index (κ3) is 5.86. The van der Waals surface area contributed by atoms with E-state index < -0.39 is 24.3 Å². The fourth-order valence-corrected chi connectivity index (χ4v) is 1.56. The topological polar surface area (TPSA) is 85.2 Å². The Hall–Kier alpha value is -1.57. The van der Waals surface area contributed by atoms with Gasteiger partial charge in [0.25, 0.3) is 0 Å². The number of aliphatic hydroxyl groups is 1. The van der Waals surface area contributed by atoms with Crippen molar-refractivity contribution in [3.63, 3.8) is 0 Å². The van der Waals surface area contributed by atoms with Crippen molar-refractivity contribution in [1.29, 1.82) is 0 Å². The maximum Gasteiger partial charge on any atom is 0.491 e. The minimum atomic E-state index is -1.18. The zero-order valence-corrected chi connectivity index (χ0v) is 14.3. The lowest BCUT2D eigenvalue weighted by Gasteiger charge is -2.38. The summed E-state index contributed by atoms with van der Waals surface area (Å²) in [6.45, 7) is 8.50. The van der Waals surface area contributed by atoms with Gasteiger partial charge in [0.2, 0.25) is 0 Å². The molecule has 0 spiro atoms. The van der Waals surface area contributed by atoms with Gasteiger partial charge in [0, 0.05) is 0 Å². The molecule has 0 aromatic heterocycles. The predicted molar refractivity (Wildman–Crippen MR) is 87.6 cm³/mol. The van der Waals surface area contributed by atoms with Gasteiger partial charge in [0.05, 0.1) is 17.8 Å². The van der Waals surface area contributed by atoms with Gasteiger partial charge in [-0.1, -0.05) is 12.1 Å². The second kappa shape index (κ2) is 7.81. The molecule has 128 valence electrons. The van der Waals surface area contributed by atoms with Crippen molar-refractivity contribution in [1.82, 2.24) is 0 Å². The van der Waals surface area contributed by atoms with Crippen molar-refractivity contribution in [2.45, 2.75) is 45.8 Å². The summed E-state index contributed by atoms with van der Waals surface area (Å²) in [6.07, 6.45) is 0. The molecule has 0 atom stereocenters. The molecule has 0 aliphatic carbocycles. The van der Waals surface area contributed by atoms with Gasteiger partial charge >= 0.3 is 13.1 Å². The molecule has 23 heavy (non-hydrogen) atoms. The van der Waals surface area contributed by atoms with Crippen molar-refractivity contribution in [2.75, 3.05) is 13.2 Å². The third-order valence-corrected chi connectivity index (χ3v) is 3.71. The molecule has 0 bridgehead atoms. The molecule has 1 aromatic rings. The van der Waals surface area contributed by atoms with Crippen molar-refractivity contribution < 1.29 is 29.1 Å². The molecule has 0 aliphatic heterocycles. The molecule has 1 aromatic carbocycles. The number of rotatable bonds is 8. The summed E-state index contributed by atoms with van der Waals surface area (Å²) in [6, 6.07) is 6.51. The molecule has 0 heterocycles. The van der Waals surface area contributed by atoms with Gasteiger partial charge in [-0.2, -0.15) is 0 Å². The van der Waals surface area contributed by atoms with Crippen LogP contribution in [0.1, 0.15) is 34.6 Å². The molecule has 0 amide bonds. The smallest absolute Gasteiger partial charge is 0.482 e. The molecule has 6 nitrogen and oxygen atoms in total. The van der Waals surface area contributed by atoms with Crippen LogP contribution < -0.4 is 10.2 Å². The molecule has 1 rings (SSSR count). The van der Waals surface area contributed by atoms with E-state index in [1.54, 1.807) is 58.9 Å². The molecule has 0 unspecified atom stereocenters. The second-order valence-corrected chi connectivity index (χ2v) is 6.20. The summed E-state index contributed by atoms with van der Waals surface area (Å²) < 4.78 is 15.6. The number of ether oxygens (including phenoxy) is 2. The van der Waals surface area contributed by atoms with Crippen LogP contribution in [-0.2, 0) is 14.2 Å². The highest BCUT2D eigenvalue weighted by Gasteiger charge is 2.39. The quantitative estimate of drug-likeness (QED) is 0.545. The van der Waals surface area contributed by atoms with Gasteiger partial charge in [0.1, 0.15) is 5.75 Å². The summed E-state index contributed by atoms with van der Waals surface area (Å²) in [5.74, 6) is 0.0441. The molecular weight excluding hydrogens is 299 g/mol. The molecular formula is C16H25BO6. The molecule has 0 saturated carbocycles. The molecule has 2 N–H and O–H groups in total. The number of benzene rings is 1. The largest absolute Gasteiger partial charge is 0.491 e. The average Bonchev–Trinajstić information content (AvgIpc) is 2.44. The fourth-order valence-electron chi connectivity index (χ4n) is 1.56. The Morgan fingerprint density at radius 2 is 1.74 bits per heavy atom. The van der Waals surface area contributed by atoms with E-state index in [9.17, 15) is 14.9 Å². The Bertz CT molecular complexity index is 506. The summed E-state index contributed by atoms with van der Waals surface area (Å²) in [4.78, 5) is 11.2. The molecule has 7 heteroatoms. The number of hydrogen-bond acceptors (Lipinski definition) is 6. The Labute approximate surface area is 137 Å². The second-order valence-electron chi connectivity index (χ2n) is 6.20. The summed E-state index contributed by atoms with van der Waals surface area (Å²) in [7, 11) is -1.18. The van der Waals surface area contributed by atoms with E-state index in [0.717, 1.165) is 0 Å². The average molecular weight is 324 g/mol. The van der Waals surface area contributed by atoms with Gasteiger partial charge in [-0.3, -0.25) is 0 Å². The van der Waals surface area contributed by atoms with Crippen LogP contribution in [0.5, 0.6) is 5.75 Å². The molecule has 0 radical (unpaired) electrons. The Balaban J connectivity index is 2.64. The van der Waals surface area contributed by atoms with Crippen LogP contribution in [0.3, 0.4) is 0 Å². The lowest BCUT2D eigenvalue weighted by atomic mass is 9.76. The minimum Gasteiger partial charge on any atom is -0.482 e. The standard InChI is InChI=1S/C16H25BO6/c1-6-21-14(18)11-22-13-9-7-12(8-10-13)17(20)23-16(4,5)15(2,3)19/h7-10,19-20H,6,11H2,1-5H3. The summed E-state index contributed by atoms with van der Waals surface area (Å²) in [5, 5.41) is 20.2. The first kappa shape index (κ1) is 19.5. The minimum absolute atomic E-state index is 0.169. The number of carbonyl (C=O) groups is 1. The van der Waals surface area contributed by atoms with E-state index in [-0.39, 0.29) is 6.61 Å². The van der Waals surface area contributed by atoms with Crippen molar-refractivity contribution in [3.05, 3.63) is 24.3 Å². The summed E-state index contributed by atoms with van der Waals surface area (Å²) >= 11 is 0. The molecule has 0 saturated heterocycles. The maximum atomic E-state index is 11.2. The van der Waals surface area contributed by atoms with Crippen molar-refractivity contribution in [2.24, 2.45) is 0 Å². The lowest BCUT2D eigenvalue weighted by molar-refractivity contribution is -0.145.